The molecule has 0 radical (unpaired) electrons. The zero-order valence-corrected chi connectivity index (χ0v) is 17.1. The fourth-order valence-corrected chi connectivity index (χ4v) is 6.81. The standard InChI is InChI=1S/C16H26N4O4S2/c1-11(15(5-6-15)25(3,21)22)19-13-9-14(18-10-17-13)20-12(2)16(7-8-16)26(4,23)24/h9-12H,5-8H2,1-4H3,(H2,17,18,19,20)/t11-,12-/m0/s1. The highest BCUT2D eigenvalue weighted by Crippen LogP contribution is 2.47. The average Bonchev–Trinajstić information content (AvgIpc) is 3.36. The number of nitrogens with one attached hydrogen (secondary N) is 2. The normalized spacial score (nSPS) is 22.9. The first-order chi connectivity index (χ1) is 11.9. The van der Waals surface area contributed by atoms with Gasteiger partial charge in [0.2, 0.25) is 0 Å². The van der Waals surface area contributed by atoms with E-state index in [1.807, 2.05) is 13.8 Å². The van der Waals surface area contributed by atoms with Gasteiger partial charge in [0.05, 0.1) is 9.49 Å². The quantitative estimate of drug-likeness (QED) is 0.667. The van der Waals surface area contributed by atoms with E-state index < -0.39 is 29.2 Å². The molecule has 2 saturated carbocycles. The Bertz CT molecular complexity index is 835. The Hall–Kier alpha value is -1.42. The predicted octanol–water partition coefficient (Wildman–Crippen LogP) is 1.23. The van der Waals surface area contributed by atoms with Crippen LogP contribution in [0.5, 0.6) is 0 Å². The summed E-state index contributed by atoms with van der Waals surface area (Å²) in [5, 5.41) is 6.32. The number of hydrogen-bond acceptors (Lipinski definition) is 8. The summed E-state index contributed by atoms with van der Waals surface area (Å²) in [6.07, 6.45) is 6.49. The van der Waals surface area contributed by atoms with Crippen molar-refractivity contribution in [2.45, 2.75) is 61.1 Å². The van der Waals surface area contributed by atoms with Crippen LogP contribution < -0.4 is 10.6 Å². The molecule has 3 rings (SSSR count). The van der Waals surface area contributed by atoms with Crippen LogP contribution in [-0.4, -0.2) is 60.9 Å². The van der Waals surface area contributed by atoms with Crippen LogP contribution in [0.25, 0.3) is 0 Å². The molecule has 1 heterocycles. The molecule has 2 aliphatic carbocycles. The van der Waals surface area contributed by atoms with Gasteiger partial charge in [0.25, 0.3) is 0 Å². The summed E-state index contributed by atoms with van der Waals surface area (Å²) >= 11 is 0. The molecular weight excluding hydrogens is 376 g/mol. The van der Waals surface area contributed by atoms with E-state index in [1.54, 1.807) is 6.07 Å². The number of nitrogens with zero attached hydrogens (tertiary/aromatic N) is 2. The summed E-state index contributed by atoms with van der Waals surface area (Å²) in [6.45, 7) is 3.68. The predicted molar refractivity (Wildman–Crippen MR) is 102 cm³/mol. The smallest absolute Gasteiger partial charge is 0.155 e. The molecule has 2 aliphatic rings. The average molecular weight is 403 g/mol. The first-order valence-corrected chi connectivity index (χ1v) is 12.4. The lowest BCUT2D eigenvalue weighted by atomic mass is 10.2. The van der Waals surface area contributed by atoms with E-state index in [4.69, 9.17) is 0 Å². The van der Waals surface area contributed by atoms with E-state index in [-0.39, 0.29) is 12.1 Å². The van der Waals surface area contributed by atoms with Crippen molar-refractivity contribution in [2.75, 3.05) is 23.1 Å². The highest BCUT2D eigenvalue weighted by atomic mass is 32.2. The van der Waals surface area contributed by atoms with E-state index >= 15 is 0 Å². The lowest BCUT2D eigenvalue weighted by molar-refractivity contribution is 0.567. The third kappa shape index (κ3) is 3.28. The molecule has 26 heavy (non-hydrogen) atoms. The second-order valence-electron chi connectivity index (χ2n) is 7.69. The van der Waals surface area contributed by atoms with Crippen LogP contribution in [0.4, 0.5) is 11.6 Å². The van der Waals surface area contributed by atoms with Crippen molar-refractivity contribution in [3.8, 4) is 0 Å². The van der Waals surface area contributed by atoms with Crippen LogP contribution in [-0.2, 0) is 19.7 Å². The Morgan fingerprint density at radius 2 is 1.19 bits per heavy atom. The minimum atomic E-state index is -3.16. The third-order valence-corrected chi connectivity index (χ3v) is 10.4. The van der Waals surface area contributed by atoms with Crippen LogP contribution in [0.1, 0.15) is 39.5 Å². The number of aromatic nitrogens is 2. The Morgan fingerprint density at radius 1 is 0.846 bits per heavy atom. The fourth-order valence-electron chi connectivity index (χ4n) is 3.72. The molecule has 0 aromatic carbocycles. The molecule has 2 N–H and O–H groups in total. The monoisotopic (exact) mass is 402 g/mol. The Balaban J connectivity index is 1.72. The zero-order chi connectivity index (χ0) is 19.4. The van der Waals surface area contributed by atoms with Gasteiger partial charge in [-0.3, -0.25) is 0 Å². The minimum absolute atomic E-state index is 0.275. The van der Waals surface area contributed by atoms with Crippen molar-refractivity contribution in [3.63, 3.8) is 0 Å². The summed E-state index contributed by atoms with van der Waals surface area (Å²) in [5.41, 5.74) is 0. The molecular formula is C16H26N4O4S2. The zero-order valence-electron chi connectivity index (χ0n) is 15.5. The van der Waals surface area contributed by atoms with Gasteiger partial charge in [-0.15, -0.1) is 0 Å². The largest absolute Gasteiger partial charge is 0.366 e. The summed E-state index contributed by atoms with van der Waals surface area (Å²) in [4.78, 5) is 8.32. The van der Waals surface area contributed by atoms with Crippen LogP contribution in [0.15, 0.2) is 12.4 Å². The van der Waals surface area contributed by atoms with Crippen LogP contribution >= 0.6 is 0 Å². The summed E-state index contributed by atoms with van der Waals surface area (Å²) in [5.74, 6) is 1.03. The fraction of sp³-hybridized carbons (Fsp3) is 0.750. The summed E-state index contributed by atoms with van der Waals surface area (Å²) in [7, 11) is -6.31. The number of anilines is 2. The van der Waals surface area contributed by atoms with E-state index in [0.29, 0.717) is 37.3 Å². The summed E-state index contributed by atoms with van der Waals surface area (Å²) in [6, 6.07) is 1.14. The van der Waals surface area contributed by atoms with Gasteiger partial charge >= 0.3 is 0 Å². The molecule has 2 fully saturated rings. The van der Waals surface area contributed by atoms with Crippen molar-refractivity contribution in [3.05, 3.63) is 12.4 Å². The van der Waals surface area contributed by atoms with Crippen LogP contribution in [0, 0.1) is 0 Å². The highest BCUT2D eigenvalue weighted by molar-refractivity contribution is 7.92. The topological polar surface area (TPSA) is 118 Å². The van der Waals surface area contributed by atoms with Crippen LogP contribution in [0.3, 0.4) is 0 Å². The second kappa shape index (κ2) is 6.05. The maximum absolute atomic E-state index is 12.0. The lowest BCUT2D eigenvalue weighted by Crippen LogP contribution is -2.40. The number of rotatable bonds is 8. The van der Waals surface area contributed by atoms with Crippen molar-refractivity contribution < 1.29 is 16.8 Å². The Morgan fingerprint density at radius 3 is 1.46 bits per heavy atom. The maximum Gasteiger partial charge on any atom is 0.155 e. The molecule has 1 aromatic heterocycles. The molecule has 0 spiro atoms. The number of sulfone groups is 2. The van der Waals surface area contributed by atoms with Crippen molar-refractivity contribution >= 4 is 31.3 Å². The van der Waals surface area contributed by atoms with Gasteiger partial charge in [-0.05, 0) is 39.5 Å². The summed E-state index contributed by atoms with van der Waals surface area (Å²) < 4.78 is 46.7. The van der Waals surface area contributed by atoms with Crippen molar-refractivity contribution in [1.82, 2.24) is 9.97 Å². The molecule has 10 heteroatoms. The van der Waals surface area contributed by atoms with E-state index in [0.717, 1.165) is 0 Å². The Labute approximate surface area is 155 Å². The first kappa shape index (κ1) is 19.3. The van der Waals surface area contributed by atoms with Gasteiger partial charge in [0.15, 0.2) is 19.7 Å². The molecule has 2 atom stereocenters. The van der Waals surface area contributed by atoms with E-state index in [2.05, 4.69) is 20.6 Å². The molecule has 0 bridgehead atoms. The Kier molecular flexibility index (Phi) is 4.50. The minimum Gasteiger partial charge on any atom is -0.366 e. The SMILES string of the molecule is C[C@H](Nc1cc(N[C@@H](C)C2(S(C)(=O)=O)CC2)ncn1)C1(S(C)(=O)=O)CC1. The molecule has 0 aliphatic heterocycles. The van der Waals surface area contributed by atoms with E-state index in [9.17, 15) is 16.8 Å². The highest BCUT2D eigenvalue weighted by Gasteiger charge is 2.57. The van der Waals surface area contributed by atoms with Gasteiger partial charge in [-0.2, -0.15) is 0 Å². The first-order valence-electron chi connectivity index (χ1n) is 8.66. The van der Waals surface area contributed by atoms with Gasteiger partial charge < -0.3 is 10.6 Å². The van der Waals surface area contributed by atoms with Crippen LogP contribution in [0.2, 0.25) is 0 Å². The van der Waals surface area contributed by atoms with Gasteiger partial charge in [0.1, 0.15) is 18.0 Å². The second-order valence-corrected chi connectivity index (χ2v) is 12.4. The van der Waals surface area contributed by atoms with Gasteiger partial charge in [0, 0.05) is 30.7 Å². The van der Waals surface area contributed by atoms with Gasteiger partial charge in [-0.25, -0.2) is 26.8 Å². The molecule has 0 unspecified atom stereocenters. The van der Waals surface area contributed by atoms with Crippen molar-refractivity contribution in [2.24, 2.45) is 0 Å². The van der Waals surface area contributed by atoms with E-state index in [1.165, 1.54) is 18.8 Å². The van der Waals surface area contributed by atoms with Crippen molar-refractivity contribution in [1.29, 1.82) is 0 Å². The molecule has 0 saturated heterocycles. The molecule has 8 nitrogen and oxygen atoms in total. The third-order valence-electron chi connectivity index (χ3n) is 5.94. The molecule has 0 amide bonds. The van der Waals surface area contributed by atoms with Gasteiger partial charge in [-0.1, -0.05) is 0 Å². The number of hydrogen-bond donors (Lipinski definition) is 2. The maximum atomic E-state index is 12.0. The molecule has 146 valence electrons. The lowest BCUT2D eigenvalue weighted by Gasteiger charge is -2.25. The molecule has 1 aromatic rings.